The Labute approximate surface area is 94.6 Å². The number of esters is 1. The Bertz CT molecular complexity index is 355. The molecule has 88 valence electrons. The Morgan fingerprint density at radius 3 is 2.88 bits per heavy atom. The molecule has 1 aromatic carbocycles. The molecule has 0 aliphatic heterocycles. The van der Waals surface area contributed by atoms with E-state index in [1.54, 1.807) is 6.07 Å². The van der Waals surface area contributed by atoms with Crippen molar-refractivity contribution in [2.75, 3.05) is 13.7 Å². The van der Waals surface area contributed by atoms with Crippen LogP contribution < -0.4 is 5.32 Å². The molecule has 1 N–H and O–H groups in total. The van der Waals surface area contributed by atoms with Crippen molar-refractivity contribution in [1.82, 2.24) is 5.32 Å². The molecule has 1 atom stereocenters. The number of carbonyl (C=O) groups is 1. The molecular formula is C12H16FNO2. The molecule has 0 aromatic heterocycles. The minimum absolute atomic E-state index is 0.0326. The molecular weight excluding hydrogens is 209 g/mol. The fourth-order valence-electron chi connectivity index (χ4n) is 1.50. The molecule has 4 heteroatoms. The number of methoxy groups -OCH3 is 1. The monoisotopic (exact) mass is 225 g/mol. The van der Waals surface area contributed by atoms with Crippen molar-refractivity contribution in [3.8, 4) is 0 Å². The van der Waals surface area contributed by atoms with Crippen LogP contribution in [-0.4, -0.2) is 19.6 Å². The van der Waals surface area contributed by atoms with Gasteiger partial charge in [-0.2, -0.15) is 0 Å². The molecule has 0 spiro atoms. The highest BCUT2D eigenvalue weighted by atomic mass is 19.1. The summed E-state index contributed by atoms with van der Waals surface area (Å²) in [7, 11) is 1.34. The van der Waals surface area contributed by atoms with Crippen LogP contribution in [0.4, 0.5) is 4.39 Å². The molecule has 0 amide bonds. The van der Waals surface area contributed by atoms with Gasteiger partial charge in [-0.05, 0) is 24.1 Å². The van der Waals surface area contributed by atoms with Crippen molar-refractivity contribution in [3.05, 3.63) is 35.6 Å². The number of rotatable bonds is 5. The molecule has 16 heavy (non-hydrogen) atoms. The maximum absolute atomic E-state index is 13.0. The molecule has 0 bridgehead atoms. The van der Waals surface area contributed by atoms with E-state index in [-0.39, 0.29) is 24.4 Å². The smallest absolute Gasteiger partial charge is 0.319 e. The molecule has 1 rings (SSSR count). The van der Waals surface area contributed by atoms with E-state index >= 15 is 0 Å². The Balaban J connectivity index is 2.64. The standard InChI is InChI=1S/C12H16FNO2/c1-3-11(14-8-12(15)16-2)9-5-4-6-10(13)7-9/h4-7,11,14H,3,8H2,1-2H3. The molecule has 0 saturated heterocycles. The van der Waals surface area contributed by atoms with Gasteiger partial charge in [-0.25, -0.2) is 4.39 Å². The van der Waals surface area contributed by atoms with Gasteiger partial charge >= 0.3 is 5.97 Å². The first-order valence-electron chi connectivity index (χ1n) is 5.23. The van der Waals surface area contributed by atoms with Crippen molar-refractivity contribution in [2.24, 2.45) is 0 Å². The summed E-state index contributed by atoms with van der Waals surface area (Å²) in [6, 6.07) is 6.33. The van der Waals surface area contributed by atoms with Gasteiger partial charge in [-0.1, -0.05) is 19.1 Å². The second-order valence-corrected chi connectivity index (χ2v) is 3.47. The molecule has 0 fully saturated rings. The minimum atomic E-state index is -0.324. The van der Waals surface area contributed by atoms with E-state index in [4.69, 9.17) is 0 Å². The average Bonchev–Trinajstić information content (AvgIpc) is 2.29. The molecule has 0 aliphatic carbocycles. The van der Waals surface area contributed by atoms with Crippen molar-refractivity contribution in [3.63, 3.8) is 0 Å². The Morgan fingerprint density at radius 2 is 2.31 bits per heavy atom. The Hall–Kier alpha value is -1.42. The summed E-state index contributed by atoms with van der Waals surface area (Å²) < 4.78 is 17.5. The van der Waals surface area contributed by atoms with Gasteiger partial charge in [0.2, 0.25) is 0 Å². The number of halogens is 1. The van der Waals surface area contributed by atoms with Crippen molar-refractivity contribution >= 4 is 5.97 Å². The lowest BCUT2D eigenvalue weighted by atomic mass is 10.0. The molecule has 1 unspecified atom stereocenters. The maximum atomic E-state index is 13.0. The second kappa shape index (κ2) is 6.23. The van der Waals surface area contributed by atoms with Gasteiger partial charge in [0.05, 0.1) is 13.7 Å². The zero-order chi connectivity index (χ0) is 12.0. The van der Waals surface area contributed by atoms with E-state index in [0.717, 1.165) is 12.0 Å². The van der Waals surface area contributed by atoms with Crippen LogP contribution in [0.15, 0.2) is 24.3 Å². The van der Waals surface area contributed by atoms with Crippen molar-refractivity contribution in [1.29, 1.82) is 0 Å². The number of ether oxygens (including phenoxy) is 1. The van der Waals surface area contributed by atoms with Crippen LogP contribution in [0.25, 0.3) is 0 Å². The zero-order valence-electron chi connectivity index (χ0n) is 9.50. The highest BCUT2D eigenvalue weighted by Crippen LogP contribution is 2.16. The summed E-state index contributed by atoms with van der Waals surface area (Å²) in [6.45, 7) is 2.10. The molecule has 0 saturated carbocycles. The summed E-state index contributed by atoms with van der Waals surface area (Å²) in [5.41, 5.74) is 0.839. The molecule has 1 aromatic rings. The van der Waals surface area contributed by atoms with Crippen molar-refractivity contribution < 1.29 is 13.9 Å². The topological polar surface area (TPSA) is 38.3 Å². The van der Waals surface area contributed by atoms with Gasteiger partial charge < -0.3 is 10.1 Å². The number of carbonyl (C=O) groups excluding carboxylic acids is 1. The summed E-state index contributed by atoms with van der Waals surface area (Å²) in [4.78, 5) is 11.0. The number of benzene rings is 1. The fraction of sp³-hybridized carbons (Fsp3) is 0.417. The number of hydrogen-bond acceptors (Lipinski definition) is 3. The van der Waals surface area contributed by atoms with Crippen LogP contribution >= 0.6 is 0 Å². The molecule has 0 radical (unpaired) electrons. The van der Waals surface area contributed by atoms with Crippen LogP contribution in [0.1, 0.15) is 24.9 Å². The first-order valence-corrected chi connectivity index (χ1v) is 5.23. The van der Waals surface area contributed by atoms with E-state index in [1.807, 2.05) is 13.0 Å². The van der Waals surface area contributed by atoms with Gasteiger partial charge in [-0.3, -0.25) is 4.79 Å². The Kier molecular flexibility index (Phi) is 4.92. The van der Waals surface area contributed by atoms with Crippen molar-refractivity contribution in [2.45, 2.75) is 19.4 Å². The van der Waals surface area contributed by atoms with E-state index in [9.17, 15) is 9.18 Å². The predicted octanol–water partition coefficient (Wildman–Crippen LogP) is 2.04. The zero-order valence-corrected chi connectivity index (χ0v) is 9.50. The second-order valence-electron chi connectivity index (χ2n) is 3.47. The van der Waals surface area contributed by atoms with E-state index < -0.39 is 0 Å². The van der Waals surface area contributed by atoms with Gasteiger partial charge in [0.15, 0.2) is 0 Å². The quantitative estimate of drug-likeness (QED) is 0.779. The lowest BCUT2D eigenvalue weighted by molar-refractivity contribution is -0.139. The summed E-state index contributed by atoms with van der Waals surface area (Å²) in [5, 5.41) is 3.02. The average molecular weight is 225 g/mol. The van der Waals surface area contributed by atoms with Crippen LogP contribution in [0.5, 0.6) is 0 Å². The third-order valence-electron chi connectivity index (χ3n) is 2.38. The van der Waals surface area contributed by atoms with Gasteiger partial charge in [-0.15, -0.1) is 0 Å². The SMILES string of the molecule is CCC(NCC(=O)OC)c1cccc(F)c1. The third-order valence-corrected chi connectivity index (χ3v) is 2.38. The lowest BCUT2D eigenvalue weighted by Gasteiger charge is -2.16. The fourth-order valence-corrected chi connectivity index (χ4v) is 1.50. The highest BCUT2D eigenvalue weighted by Gasteiger charge is 2.11. The first kappa shape index (κ1) is 12.6. The van der Waals surface area contributed by atoms with Crippen LogP contribution in [0.3, 0.4) is 0 Å². The van der Waals surface area contributed by atoms with E-state index in [1.165, 1.54) is 19.2 Å². The van der Waals surface area contributed by atoms with Crippen LogP contribution in [-0.2, 0) is 9.53 Å². The highest BCUT2D eigenvalue weighted by molar-refractivity contribution is 5.71. The Morgan fingerprint density at radius 1 is 1.56 bits per heavy atom. The summed E-state index contributed by atoms with van der Waals surface area (Å²) in [5.74, 6) is -0.592. The van der Waals surface area contributed by atoms with Gasteiger partial charge in [0, 0.05) is 6.04 Å². The van der Waals surface area contributed by atoms with Crippen LogP contribution in [0, 0.1) is 5.82 Å². The summed E-state index contributed by atoms with van der Waals surface area (Å²) >= 11 is 0. The largest absolute Gasteiger partial charge is 0.468 e. The van der Waals surface area contributed by atoms with E-state index in [2.05, 4.69) is 10.1 Å². The summed E-state index contributed by atoms with van der Waals surface area (Å²) in [6.07, 6.45) is 0.778. The maximum Gasteiger partial charge on any atom is 0.319 e. The molecule has 0 heterocycles. The van der Waals surface area contributed by atoms with E-state index in [0.29, 0.717) is 0 Å². The van der Waals surface area contributed by atoms with Gasteiger partial charge in [0.25, 0.3) is 0 Å². The van der Waals surface area contributed by atoms with Crippen LogP contribution in [0.2, 0.25) is 0 Å². The predicted molar refractivity (Wildman–Crippen MR) is 59.5 cm³/mol. The normalized spacial score (nSPS) is 12.2. The minimum Gasteiger partial charge on any atom is -0.468 e. The number of nitrogens with one attached hydrogen (secondary N) is 1. The molecule has 3 nitrogen and oxygen atoms in total. The third kappa shape index (κ3) is 3.62. The molecule has 0 aliphatic rings. The first-order chi connectivity index (χ1) is 7.67. The number of hydrogen-bond donors (Lipinski definition) is 1. The lowest BCUT2D eigenvalue weighted by Crippen LogP contribution is -2.28. The van der Waals surface area contributed by atoms with Gasteiger partial charge in [0.1, 0.15) is 5.82 Å².